The van der Waals surface area contributed by atoms with Crippen LogP contribution < -0.4 is 4.74 Å². The molecule has 0 spiro atoms. The summed E-state index contributed by atoms with van der Waals surface area (Å²) in [6.07, 6.45) is 6.06. The molecule has 0 amide bonds. The second kappa shape index (κ2) is 11.4. The van der Waals surface area contributed by atoms with Gasteiger partial charge in [-0.1, -0.05) is 114 Å². The second-order valence-corrected chi connectivity index (χ2v) is 15.0. The van der Waals surface area contributed by atoms with Crippen molar-refractivity contribution in [2.24, 2.45) is 22.7 Å². The summed E-state index contributed by atoms with van der Waals surface area (Å²) in [5.74, 6) is 2.81. The molecule has 2 aliphatic rings. The molecule has 0 aliphatic heterocycles. The largest absolute Gasteiger partial charge is 0.464 e. The lowest BCUT2D eigenvalue weighted by Crippen LogP contribution is -2.46. The van der Waals surface area contributed by atoms with Gasteiger partial charge in [0.25, 0.3) is 0 Å². The van der Waals surface area contributed by atoms with Crippen molar-refractivity contribution in [3.63, 3.8) is 0 Å². The topological polar surface area (TPSA) is 18.5 Å². The van der Waals surface area contributed by atoms with E-state index in [4.69, 9.17) is 9.47 Å². The number of fused-ring (bicyclic) bond motifs is 2. The lowest BCUT2D eigenvalue weighted by Gasteiger charge is -2.41. The van der Waals surface area contributed by atoms with Crippen LogP contribution >= 0.6 is 0 Å². The van der Waals surface area contributed by atoms with Gasteiger partial charge in [0.1, 0.15) is 5.75 Å². The molecule has 2 nitrogen and oxygen atoms in total. The molecule has 2 aliphatic carbocycles. The molecule has 2 bridgehead atoms. The third kappa shape index (κ3) is 6.33. The molecule has 0 aromatic heterocycles. The maximum Gasteiger partial charge on any atom is 0.213 e. The van der Waals surface area contributed by atoms with Crippen LogP contribution in [0.4, 0.5) is 0 Å². The van der Waals surface area contributed by atoms with Crippen molar-refractivity contribution in [2.45, 2.75) is 104 Å². The minimum Gasteiger partial charge on any atom is -0.464 e. The summed E-state index contributed by atoms with van der Waals surface area (Å²) < 4.78 is 14.1. The van der Waals surface area contributed by atoms with Gasteiger partial charge in [0.05, 0.1) is 11.5 Å². The highest BCUT2D eigenvalue weighted by Gasteiger charge is 2.47. The fourth-order valence-corrected chi connectivity index (χ4v) is 7.24. The van der Waals surface area contributed by atoms with Gasteiger partial charge in [-0.2, -0.15) is 0 Å². The summed E-state index contributed by atoms with van der Waals surface area (Å²) in [5.41, 5.74) is 3.79. The van der Waals surface area contributed by atoms with E-state index >= 15 is 0 Å². The summed E-state index contributed by atoms with van der Waals surface area (Å²) in [7, 11) is 0. The Bertz CT molecular complexity index is 1180. The van der Waals surface area contributed by atoms with Gasteiger partial charge in [0.2, 0.25) is 6.29 Å². The fourth-order valence-electron chi connectivity index (χ4n) is 7.24. The lowest BCUT2D eigenvalue weighted by atomic mass is 9.69. The molecule has 0 saturated heterocycles. The Morgan fingerprint density at radius 3 is 1.73 bits per heavy atom. The summed E-state index contributed by atoms with van der Waals surface area (Å²) in [6.45, 7) is 16.4. The minimum atomic E-state index is -0.469. The van der Waals surface area contributed by atoms with Crippen LogP contribution in [0.2, 0.25) is 0 Å². The molecular weight excluding hydrogens is 488 g/mol. The first kappa shape index (κ1) is 28.9. The van der Waals surface area contributed by atoms with E-state index in [-0.39, 0.29) is 16.9 Å². The Labute approximate surface area is 243 Å². The zero-order valence-corrected chi connectivity index (χ0v) is 25.8. The van der Waals surface area contributed by atoms with Crippen molar-refractivity contribution >= 4 is 0 Å². The number of benzene rings is 3. The van der Waals surface area contributed by atoms with Crippen LogP contribution in [0.25, 0.3) is 0 Å². The molecule has 2 fully saturated rings. The van der Waals surface area contributed by atoms with E-state index < -0.39 is 11.7 Å². The zero-order chi connectivity index (χ0) is 28.5. The summed E-state index contributed by atoms with van der Waals surface area (Å²) in [6, 6.07) is 30.5. The molecule has 0 radical (unpaired) electrons. The normalized spacial score (nSPS) is 22.7. The first-order chi connectivity index (χ1) is 18.9. The van der Waals surface area contributed by atoms with E-state index in [1.165, 1.54) is 36.0 Å². The van der Waals surface area contributed by atoms with Gasteiger partial charge in [-0.3, -0.25) is 0 Å². The molecule has 2 heteroatoms. The first-order valence-corrected chi connectivity index (χ1v) is 15.5. The summed E-state index contributed by atoms with van der Waals surface area (Å²) in [4.78, 5) is 0. The van der Waals surface area contributed by atoms with Crippen molar-refractivity contribution in [3.05, 3.63) is 102 Å². The van der Waals surface area contributed by atoms with Crippen molar-refractivity contribution in [1.82, 2.24) is 0 Å². The zero-order valence-electron chi connectivity index (χ0n) is 25.8. The Morgan fingerprint density at radius 1 is 0.700 bits per heavy atom. The average molecular weight is 539 g/mol. The number of ether oxygens (including phenoxy) is 2. The maximum atomic E-state index is 7.10. The quantitative estimate of drug-likeness (QED) is 0.252. The Kier molecular flexibility index (Phi) is 8.22. The third-order valence-electron chi connectivity index (χ3n) is 9.58. The summed E-state index contributed by atoms with van der Waals surface area (Å²) in [5, 5.41) is 0. The Morgan fingerprint density at radius 2 is 1.27 bits per heavy atom. The maximum absolute atomic E-state index is 7.10. The van der Waals surface area contributed by atoms with Crippen LogP contribution in [0, 0.1) is 22.7 Å². The predicted molar refractivity (Wildman–Crippen MR) is 167 cm³/mol. The highest BCUT2D eigenvalue weighted by molar-refractivity contribution is 5.40. The minimum absolute atomic E-state index is 0.183. The number of hydrogen-bond acceptors (Lipinski definition) is 2. The van der Waals surface area contributed by atoms with E-state index in [1.807, 2.05) is 0 Å². The van der Waals surface area contributed by atoms with Gasteiger partial charge in [-0.05, 0) is 96.4 Å². The van der Waals surface area contributed by atoms with E-state index in [2.05, 4.69) is 133 Å². The molecule has 214 valence electrons. The molecule has 0 heterocycles. The van der Waals surface area contributed by atoms with Crippen LogP contribution in [0.3, 0.4) is 0 Å². The molecule has 0 N–H and O–H groups in total. The molecule has 3 aromatic rings. The predicted octanol–water partition coefficient (Wildman–Crippen LogP) is 10.2. The first-order valence-electron chi connectivity index (χ1n) is 15.5. The van der Waals surface area contributed by atoms with Crippen molar-refractivity contribution < 1.29 is 9.47 Å². The third-order valence-corrected chi connectivity index (χ3v) is 9.58. The lowest BCUT2D eigenvalue weighted by molar-refractivity contribution is -0.160. The van der Waals surface area contributed by atoms with Gasteiger partial charge in [0, 0.05) is 0 Å². The van der Waals surface area contributed by atoms with Crippen molar-refractivity contribution in [1.29, 1.82) is 0 Å². The molecule has 5 rings (SSSR count). The van der Waals surface area contributed by atoms with Crippen LogP contribution in [0.1, 0.15) is 103 Å². The highest BCUT2D eigenvalue weighted by Crippen LogP contribution is 2.49. The van der Waals surface area contributed by atoms with E-state index in [1.54, 1.807) is 0 Å². The SMILES string of the molecule is CC(C)(C)CC(c1ccc(OC(OC2CC3CCC2C3)C(C)(c2ccccc2)c2ccccc2)cc1)C(C)(C)C. The van der Waals surface area contributed by atoms with Gasteiger partial charge < -0.3 is 9.47 Å². The monoisotopic (exact) mass is 538 g/mol. The molecule has 40 heavy (non-hydrogen) atoms. The van der Waals surface area contributed by atoms with Crippen LogP contribution in [-0.2, 0) is 10.2 Å². The second-order valence-electron chi connectivity index (χ2n) is 15.0. The molecular formula is C38H50O2. The van der Waals surface area contributed by atoms with E-state index in [9.17, 15) is 0 Å². The van der Waals surface area contributed by atoms with Crippen LogP contribution in [0.15, 0.2) is 84.9 Å². The standard InChI is InChI=1S/C38H50O2/c1-36(2,3)26-33(37(4,5)6)28-20-22-32(23-21-28)39-35(40-34-25-27-18-19-29(34)24-27)38(7,30-14-10-8-11-15-30)31-16-12-9-13-17-31/h8-17,20-23,27,29,33-35H,18-19,24-26H2,1-7H3. The Balaban J connectivity index is 1.50. The van der Waals surface area contributed by atoms with Crippen molar-refractivity contribution in [2.75, 3.05) is 0 Å². The molecule has 2 saturated carbocycles. The van der Waals surface area contributed by atoms with E-state index in [0.717, 1.165) is 24.5 Å². The van der Waals surface area contributed by atoms with Crippen molar-refractivity contribution in [3.8, 4) is 5.75 Å². The average Bonchev–Trinajstić information content (AvgIpc) is 3.55. The summed E-state index contributed by atoms with van der Waals surface area (Å²) >= 11 is 0. The number of hydrogen-bond donors (Lipinski definition) is 0. The van der Waals surface area contributed by atoms with Gasteiger partial charge in [0.15, 0.2) is 0 Å². The Hall–Kier alpha value is -2.58. The molecule has 5 atom stereocenters. The smallest absolute Gasteiger partial charge is 0.213 e. The number of rotatable bonds is 9. The highest BCUT2D eigenvalue weighted by atomic mass is 16.7. The fraction of sp³-hybridized carbons (Fsp3) is 0.526. The van der Waals surface area contributed by atoms with Crippen LogP contribution in [0.5, 0.6) is 5.75 Å². The van der Waals surface area contributed by atoms with E-state index in [0.29, 0.717) is 11.8 Å². The molecule has 5 unspecified atom stereocenters. The van der Waals surface area contributed by atoms with Gasteiger partial charge in [-0.15, -0.1) is 0 Å². The van der Waals surface area contributed by atoms with Crippen LogP contribution in [-0.4, -0.2) is 12.4 Å². The molecule has 3 aromatic carbocycles. The van der Waals surface area contributed by atoms with Gasteiger partial charge >= 0.3 is 0 Å². The van der Waals surface area contributed by atoms with Gasteiger partial charge in [-0.25, -0.2) is 0 Å².